The van der Waals surface area contributed by atoms with E-state index in [4.69, 9.17) is 0 Å². The molecule has 2 aromatic rings. The maximum absolute atomic E-state index is 4.13. The van der Waals surface area contributed by atoms with Crippen LogP contribution >= 0.6 is 0 Å². The van der Waals surface area contributed by atoms with Gasteiger partial charge in [-0.1, -0.05) is 29.5 Å². The van der Waals surface area contributed by atoms with Crippen molar-refractivity contribution in [3.8, 4) is 0 Å². The molecule has 0 aliphatic carbocycles. The molecule has 1 aromatic carbocycles. The summed E-state index contributed by atoms with van der Waals surface area (Å²) in [5.74, 6) is 0. The van der Waals surface area contributed by atoms with E-state index in [-0.39, 0.29) is 6.04 Å². The topological polar surface area (TPSA) is 42.7 Å². The Morgan fingerprint density at radius 1 is 1.35 bits per heavy atom. The van der Waals surface area contributed by atoms with Crippen LogP contribution in [-0.2, 0) is 13.5 Å². The van der Waals surface area contributed by atoms with Gasteiger partial charge in [0.2, 0.25) is 0 Å². The number of nitrogens with one attached hydrogen (secondary N) is 1. The zero-order valence-electron chi connectivity index (χ0n) is 10.5. The second kappa shape index (κ2) is 5.10. The third-order valence-electron chi connectivity index (χ3n) is 2.98. The molecular formula is C13H18N4. The number of likely N-dealkylation sites (N-methyl/N-ethyl adjacent to an activating group) is 1. The van der Waals surface area contributed by atoms with Crippen molar-refractivity contribution >= 4 is 0 Å². The highest BCUT2D eigenvalue weighted by atomic mass is 15.4. The zero-order valence-corrected chi connectivity index (χ0v) is 10.5. The molecule has 2 rings (SSSR count). The van der Waals surface area contributed by atoms with E-state index in [1.165, 1.54) is 11.1 Å². The van der Waals surface area contributed by atoms with Gasteiger partial charge in [0.05, 0.1) is 5.69 Å². The summed E-state index contributed by atoms with van der Waals surface area (Å²) in [5.41, 5.74) is 3.63. The van der Waals surface area contributed by atoms with Crippen molar-refractivity contribution in [3.05, 3.63) is 47.3 Å². The predicted molar refractivity (Wildman–Crippen MR) is 67.7 cm³/mol. The number of nitrogens with zero attached hydrogens (tertiary/aromatic N) is 3. The number of hydrogen-bond acceptors (Lipinski definition) is 3. The average molecular weight is 230 g/mol. The van der Waals surface area contributed by atoms with Crippen LogP contribution in [0.1, 0.15) is 22.9 Å². The molecule has 4 nitrogen and oxygen atoms in total. The summed E-state index contributed by atoms with van der Waals surface area (Å²) in [6, 6.07) is 8.72. The Morgan fingerprint density at radius 2 is 2.12 bits per heavy atom. The van der Waals surface area contributed by atoms with Gasteiger partial charge < -0.3 is 5.32 Å². The summed E-state index contributed by atoms with van der Waals surface area (Å²) in [6.07, 6.45) is 2.82. The lowest BCUT2D eigenvalue weighted by molar-refractivity contribution is 0.580. The van der Waals surface area contributed by atoms with E-state index < -0.39 is 0 Å². The quantitative estimate of drug-likeness (QED) is 0.868. The second-order valence-corrected chi connectivity index (χ2v) is 4.29. The highest BCUT2D eigenvalue weighted by Crippen LogP contribution is 2.20. The lowest BCUT2D eigenvalue weighted by atomic mass is 9.98. The predicted octanol–water partition coefficient (Wildman–Crippen LogP) is 1.63. The number of hydrogen-bond donors (Lipinski definition) is 1. The monoisotopic (exact) mass is 230 g/mol. The summed E-state index contributed by atoms with van der Waals surface area (Å²) >= 11 is 0. The van der Waals surface area contributed by atoms with Gasteiger partial charge in [-0.05, 0) is 25.1 Å². The van der Waals surface area contributed by atoms with E-state index in [0.29, 0.717) is 0 Å². The van der Waals surface area contributed by atoms with E-state index >= 15 is 0 Å². The Morgan fingerprint density at radius 3 is 2.71 bits per heavy atom. The molecule has 1 atom stereocenters. The van der Waals surface area contributed by atoms with Gasteiger partial charge in [0.15, 0.2) is 0 Å². The molecule has 0 aliphatic heterocycles. The molecule has 4 heteroatoms. The molecule has 17 heavy (non-hydrogen) atoms. The van der Waals surface area contributed by atoms with Crippen LogP contribution in [0.4, 0.5) is 0 Å². The van der Waals surface area contributed by atoms with Crippen LogP contribution in [0.2, 0.25) is 0 Å². The average Bonchev–Trinajstić information content (AvgIpc) is 2.73. The van der Waals surface area contributed by atoms with Gasteiger partial charge in [-0.15, -0.1) is 5.10 Å². The smallest absolute Gasteiger partial charge is 0.0845 e. The van der Waals surface area contributed by atoms with Gasteiger partial charge in [-0.25, -0.2) is 0 Å². The van der Waals surface area contributed by atoms with E-state index in [0.717, 1.165) is 12.1 Å². The SMILES string of the molecule is CNC(Cc1cn(C)nn1)c1ccccc1C. The van der Waals surface area contributed by atoms with Gasteiger partial charge in [-0.3, -0.25) is 4.68 Å². The second-order valence-electron chi connectivity index (χ2n) is 4.29. The minimum atomic E-state index is 0.285. The Bertz CT molecular complexity index is 490. The lowest BCUT2D eigenvalue weighted by Crippen LogP contribution is -2.20. The number of benzene rings is 1. The van der Waals surface area contributed by atoms with Crippen LogP contribution in [0, 0.1) is 6.92 Å². The maximum Gasteiger partial charge on any atom is 0.0845 e. The van der Waals surface area contributed by atoms with Crippen molar-refractivity contribution in [1.29, 1.82) is 0 Å². The molecule has 1 heterocycles. The first kappa shape index (κ1) is 11.8. The molecular weight excluding hydrogens is 212 g/mol. The fourth-order valence-electron chi connectivity index (χ4n) is 2.04. The van der Waals surface area contributed by atoms with Gasteiger partial charge in [0.1, 0.15) is 0 Å². The largest absolute Gasteiger partial charge is 0.313 e. The molecule has 0 radical (unpaired) electrons. The molecule has 0 amide bonds. The van der Waals surface area contributed by atoms with Crippen molar-refractivity contribution in [2.45, 2.75) is 19.4 Å². The minimum Gasteiger partial charge on any atom is -0.313 e. The third-order valence-corrected chi connectivity index (χ3v) is 2.98. The molecule has 1 unspecified atom stereocenters. The highest BCUT2D eigenvalue weighted by Gasteiger charge is 2.13. The Balaban J connectivity index is 2.20. The van der Waals surface area contributed by atoms with Gasteiger partial charge in [-0.2, -0.15) is 0 Å². The number of rotatable bonds is 4. The summed E-state index contributed by atoms with van der Waals surface area (Å²) in [6.45, 7) is 2.14. The van der Waals surface area contributed by atoms with Gasteiger partial charge in [0, 0.05) is 25.7 Å². The fraction of sp³-hybridized carbons (Fsp3) is 0.385. The molecule has 0 spiro atoms. The van der Waals surface area contributed by atoms with E-state index in [1.54, 1.807) is 4.68 Å². The Hall–Kier alpha value is -1.68. The van der Waals surface area contributed by atoms with Crippen LogP contribution in [0.3, 0.4) is 0 Å². The number of aromatic nitrogens is 3. The third kappa shape index (κ3) is 2.71. The molecule has 0 aliphatic rings. The molecule has 0 fully saturated rings. The van der Waals surface area contributed by atoms with Crippen molar-refractivity contribution in [3.63, 3.8) is 0 Å². The van der Waals surface area contributed by atoms with E-state index in [2.05, 4.69) is 46.8 Å². The number of aryl methyl sites for hydroxylation is 2. The Labute approximate surface area is 102 Å². The first-order valence-electron chi connectivity index (χ1n) is 5.78. The van der Waals surface area contributed by atoms with Crippen molar-refractivity contribution in [2.75, 3.05) is 7.05 Å². The zero-order chi connectivity index (χ0) is 12.3. The molecule has 1 aromatic heterocycles. The summed E-state index contributed by atoms with van der Waals surface area (Å²) in [4.78, 5) is 0. The van der Waals surface area contributed by atoms with Crippen molar-refractivity contribution in [2.24, 2.45) is 7.05 Å². The van der Waals surface area contributed by atoms with Gasteiger partial charge in [0.25, 0.3) is 0 Å². The summed E-state index contributed by atoms with van der Waals surface area (Å²) < 4.78 is 1.74. The molecule has 0 saturated heterocycles. The summed E-state index contributed by atoms with van der Waals surface area (Å²) in [7, 11) is 3.87. The molecule has 0 bridgehead atoms. The molecule has 0 saturated carbocycles. The lowest BCUT2D eigenvalue weighted by Gasteiger charge is -2.17. The van der Waals surface area contributed by atoms with Gasteiger partial charge >= 0.3 is 0 Å². The molecule has 90 valence electrons. The first-order valence-corrected chi connectivity index (χ1v) is 5.78. The van der Waals surface area contributed by atoms with Crippen molar-refractivity contribution < 1.29 is 0 Å². The Kier molecular flexibility index (Phi) is 3.54. The molecule has 1 N–H and O–H groups in total. The maximum atomic E-state index is 4.13. The van der Waals surface area contributed by atoms with Crippen LogP contribution in [0.5, 0.6) is 0 Å². The van der Waals surface area contributed by atoms with Crippen molar-refractivity contribution in [1.82, 2.24) is 20.3 Å². The van der Waals surface area contributed by atoms with Crippen LogP contribution in [0.25, 0.3) is 0 Å². The normalized spacial score (nSPS) is 12.6. The van der Waals surface area contributed by atoms with Crippen LogP contribution in [0.15, 0.2) is 30.5 Å². The fourth-order valence-corrected chi connectivity index (χ4v) is 2.04. The van der Waals surface area contributed by atoms with E-state index in [9.17, 15) is 0 Å². The highest BCUT2D eigenvalue weighted by molar-refractivity contribution is 5.29. The minimum absolute atomic E-state index is 0.285. The van der Waals surface area contributed by atoms with Crippen LogP contribution in [-0.4, -0.2) is 22.0 Å². The van der Waals surface area contributed by atoms with Crippen LogP contribution < -0.4 is 5.32 Å². The van der Waals surface area contributed by atoms with E-state index in [1.807, 2.05) is 20.3 Å². The first-order chi connectivity index (χ1) is 8.20. The summed E-state index contributed by atoms with van der Waals surface area (Å²) in [5, 5.41) is 11.4. The standard InChI is InChI=1S/C13H18N4/c1-10-6-4-5-7-12(10)13(14-2)8-11-9-17(3)16-15-11/h4-7,9,13-14H,8H2,1-3H3.